The van der Waals surface area contributed by atoms with E-state index in [0.717, 1.165) is 36.3 Å². The second-order valence-corrected chi connectivity index (χ2v) is 6.53. The molecular weight excluding hydrogens is 347 g/mol. The first-order chi connectivity index (χ1) is 9.55. The molecule has 0 N–H and O–H groups in total. The Hall–Kier alpha value is -0.650. The van der Waals surface area contributed by atoms with E-state index in [9.17, 15) is 4.39 Å². The van der Waals surface area contributed by atoms with Gasteiger partial charge in [0.1, 0.15) is 11.6 Å². The van der Waals surface area contributed by atoms with Gasteiger partial charge in [-0.15, -0.1) is 11.6 Å². The van der Waals surface area contributed by atoms with E-state index in [-0.39, 0.29) is 11.4 Å². The number of rotatable bonds is 2. The molecule has 0 aliphatic carbocycles. The normalized spacial score (nSPS) is 23.4. The summed E-state index contributed by atoms with van der Waals surface area (Å²) in [4.78, 5) is 4.53. The molecule has 0 amide bonds. The molecule has 1 unspecified atom stereocenters. The number of hydrogen-bond donors (Lipinski definition) is 0. The monoisotopic (exact) mass is 360 g/mol. The molecular formula is C14H15BrClFN2O. The number of hydrogen-bond acceptors (Lipinski definition) is 2. The summed E-state index contributed by atoms with van der Waals surface area (Å²) in [6.45, 7) is 3.49. The molecule has 20 heavy (non-hydrogen) atoms. The highest BCUT2D eigenvalue weighted by atomic mass is 79.9. The highest BCUT2D eigenvalue weighted by Gasteiger charge is 2.33. The number of aromatic nitrogens is 2. The summed E-state index contributed by atoms with van der Waals surface area (Å²) in [5.74, 6) is 0.760. The molecule has 2 aromatic rings. The van der Waals surface area contributed by atoms with Crippen molar-refractivity contribution in [1.29, 1.82) is 0 Å². The van der Waals surface area contributed by atoms with Crippen molar-refractivity contribution in [1.82, 2.24) is 9.55 Å². The maximum absolute atomic E-state index is 13.9. The van der Waals surface area contributed by atoms with Gasteiger partial charge in [0, 0.05) is 12.7 Å². The summed E-state index contributed by atoms with van der Waals surface area (Å²) < 4.78 is 22.0. The number of nitrogens with zero attached hydrogens (tertiary/aromatic N) is 2. The zero-order valence-corrected chi connectivity index (χ0v) is 13.5. The van der Waals surface area contributed by atoms with Gasteiger partial charge in [0.05, 0.1) is 33.5 Å². The second kappa shape index (κ2) is 5.28. The lowest BCUT2D eigenvalue weighted by atomic mass is 9.94. The van der Waals surface area contributed by atoms with Gasteiger partial charge >= 0.3 is 0 Å². The average Bonchev–Trinajstić information content (AvgIpc) is 2.78. The van der Waals surface area contributed by atoms with E-state index >= 15 is 0 Å². The van der Waals surface area contributed by atoms with Crippen molar-refractivity contribution in [2.45, 2.75) is 31.2 Å². The van der Waals surface area contributed by atoms with Gasteiger partial charge < -0.3 is 9.30 Å². The minimum absolute atomic E-state index is 0.225. The van der Waals surface area contributed by atoms with Gasteiger partial charge in [-0.2, -0.15) is 0 Å². The first-order valence-corrected chi connectivity index (χ1v) is 7.88. The molecule has 2 heterocycles. The molecule has 108 valence electrons. The fourth-order valence-corrected chi connectivity index (χ4v) is 3.42. The standard InChI is InChI=1S/C14H15BrClFN2O/c1-14(3-2-4-20-8-14)19-12-6-10(17)9(15)5-11(12)18-13(19)7-16/h5-6H,2-4,7-8H2,1H3. The van der Waals surface area contributed by atoms with Gasteiger partial charge in [0.15, 0.2) is 0 Å². The summed E-state index contributed by atoms with van der Waals surface area (Å²) in [6, 6.07) is 3.21. The second-order valence-electron chi connectivity index (χ2n) is 5.41. The van der Waals surface area contributed by atoms with Gasteiger partial charge in [-0.25, -0.2) is 9.37 Å². The molecule has 0 saturated carbocycles. The Labute approximate surface area is 130 Å². The fraction of sp³-hybridized carbons (Fsp3) is 0.500. The number of halogens is 3. The summed E-state index contributed by atoms with van der Waals surface area (Å²) in [5, 5.41) is 0. The van der Waals surface area contributed by atoms with Crippen molar-refractivity contribution in [3.05, 3.63) is 28.2 Å². The number of alkyl halides is 1. The molecule has 6 heteroatoms. The Balaban J connectivity index is 2.24. The first kappa shape index (κ1) is 14.3. The van der Waals surface area contributed by atoms with Crippen LogP contribution in [0.3, 0.4) is 0 Å². The Morgan fingerprint density at radius 2 is 2.35 bits per heavy atom. The smallest absolute Gasteiger partial charge is 0.139 e. The maximum atomic E-state index is 13.9. The minimum Gasteiger partial charge on any atom is -0.379 e. The molecule has 1 aliphatic rings. The van der Waals surface area contributed by atoms with Gasteiger partial charge in [0.25, 0.3) is 0 Å². The molecule has 0 bridgehead atoms. The molecule has 1 aliphatic heterocycles. The van der Waals surface area contributed by atoms with E-state index in [1.54, 1.807) is 6.07 Å². The summed E-state index contributed by atoms with van der Waals surface area (Å²) in [6.07, 6.45) is 1.96. The topological polar surface area (TPSA) is 27.1 Å². The predicted octanol–water partition coefficient (Wildman–Crippen LogP) is 4.20. The zero-order chi connectivity index (χ0) is 14.3. The molecule has 1 fully saturated rings. The third kappa shape index (κ3) is 2.26. The van der Waals surface area contributed by atoms with Crippen LogP contribution in [-0.4, -0.2) is 22.8 Å². The largest absolute Gasteiger partial charge is 0.379 e. The Morgan fingerprint density at radius 1 is 1.55 bits per heavy atom. The van der Waals surface area contributed by atoms with Crippen molar-refractivity contribution < 1.29 is 9.13 Å². The van der Waals surface area contributed by atoms with Crippen LogP contribution in [0.2, 0.25) is 0 Å². The SMILES string of the molecule is CC1(n2c(CCl)nc3cc(Br)c(F)cc32)CCCOC1. The Morgan fingerprint density at radius 3 is 3.00 bits per heavy atom. The van der Waals surface area contributed by atoms with E-state index in [2.05, 4.69) is 27.8 Å². The minimum atomic E-state index is -0.292. The lowest BCUT2D eigenvalue weighted by molar-refractivity contribution is 0.0104. The van der Waals surface area contributed by atoms with Crippen molar-refractivity contribution in [2.75, 3.05) is 13.2 Å². The molecule has 0 radical (unpaired) electrons. The lowest BCUT2D eigenvalue weighted by Gasteiger charge is -2.36. The van der Waals surface area contributed by atoms with Gasteiger partial charge in [0.2, 0.25) is 0 Å². The van der Waals surface area contributed by atoms with E-state index in [1.807, 2.05) is 4.57 Å². The van der Waals surface area contributed by atoms with Crippen LogP contribution in [0.5, 0.6) is 0 Å². The van der Waals surface area contributed by atoms with Crippen molar-refractivity contribution in [2.24, 2.45) is 0 Å². The highest BCUT2D eigenvalue weighted by Crippen LogP contribution is 2.34. The molecule has 3 nitrogen and oxygen atoms in total. The van der Waals surface area contributed by atoms with E-state index < -0.39 is 0 Å². The van der Waals surface area contributed by atoms with E-state index in [0.29, 0.717) is 17.0 Å². The van der Waals surface area contributed by atoms with Crippen LogP contribution < -0.4 is 0 Å². The maximum Gasteiger partial charge on any atom is 0.139 e. The third-order valence-corrected chi connectivity index (χ3v) is 4.69. The fourth-order valence-electron chi connectivity index (χ4n) is 2.91. The molecule has 3 rings (SSSR count). The van der Waals surface area contributed by atoms with Crippen LogP contribution in [-0.2, 0) is 16.2 Å². The van der Waals surface area contributed by atoms with Crippen LogP contribution in [0.1, 0.15) is 25.6 Å². The number of benzene rings is 1. The van der Waals surface area contributed by atoms with E-state index in [4.69, 9.17) is 16.3 Å². The van der Waals surface area contributed by atoms with Crippen LogP contribution in [0.4, 0.5) is 4.39 Å². The molecule has 1 atom stereocenters. The average molecular weight is 362 g/mol. The Bertz CT molecular complexity index is 652. The summed E-state index contributed by atoms with van der Waals surface area (Å²) in [7, 11) is 0. The highest BCUT2D eigenvalue weighted by molar-refractivity contribution is 9.10. The quantitative estimate of drug-likeness (QED) is 0.750. The molecule has 1 saturated heterocycles. The zero-order valence-electron chi connectivity index (χ0n) is 11.1. The van der Waals surface area contributed by atoms with Crippen LogP contribution in [0, 0.1) is 5.82 Å². The summed E-state index contributed by atoms with van der Waals surface area (Å²) in [5.41, 5.74) is 1.30. The van der Waals surface area contributed by atoms with Crippen LogP contribution in [0.15, 0.2) is 16.6 Å². The third-order valence-electron chi connectivity index (χ3n) is 3.84. The molecule has 1 aromatic heterocycles. The first-order valence-electron chi connectivity index (χ1n) is 6.56. The number of imidazole rings is 1. The van der Waals surface area contributed by atoms with Crippen molar-refractivity contribution >= 4 is 38.6 Å². The van der Waals surface area contributed by atoms with Gasteiger partial charge in [-0.05, 0) is 41.8 Å². The molecule has 1 aromatic carbocycles. The van der Waals surface area contributed by atoms with Gasteiger partial charge in [-0.1, -0.05) is 0 Å². The Kier molecular flexibility index (Phi) is 3.77. The van der Waals surface area contributed by atoms with E-state index in [1.165, 1.54) is 6.07 Å². The summed E-state index contributed by atoms with van der Waals surface area (Å²) >= 11 is 9.23. The lowest BCUT2D eigenvalue weighted by Crippen LogP contribution is -2.39. The van der Waals surface area contributed by atoms with Gasteiger partial charge in [-0.3, -0.25) is 0 Å². The van der Waals surface area contributed by atoms with Crippen molar-refractivity contribution in [3.63, 3.8) is 0 Å². The predicted molar refractivity (Wildman–Crippen MR) is 80.6 cm³/mol. The van der Waals surface area contributed by atoms with Crippen molar-refractivity contribution in [3.8, 4) is 0 Å². The number of fused-ring (bicyclic) bond motifs is 1. The number of ether oxygens (including phenoxy) is 1. The van der Waals surface area contributed by atoms with Crippen LogP contribution >= 0.6 is 27.5 Å². The van der Waals surface area contributed by atoms with Crippen LogP contribution in [0.25, 0.3) is 11.0 Å². The molecule has 0 spiro atoms.